The lowest BCUT2D eigenvalue weighted by Crippen LogP contribution is -2.30. The zero-order chi connectivity index (χ0) is 12.5. The van der Waals surface area contributed by atoms with E-state index in [0.29, 0.717) is 6.04 Å². The van der Waals surface area contributed by atoms with Crippen molar-refractivity contribution in [3.8, 4) is 0 Å². The first-order valence-electron chi connectivity index (χ1n) is 6.33. The fourth-order valence-corrected chi connectivity index (χ4v) is 1.71. The third-order valence-corrected chi connectivity index (χ3v) is 2.67. The predicted octanol–water partition coefficient (Wildman–Crippen LogP) is 1.58. The van der Waals surface area contributed by atoms with Gasteiger partial charge in [-0.2, -0.15) is 4.98 Å². The SMILES string of the molecule is CCNC(CC)Cc1nc(CCCOC)no1. The van der Waals surface area contributed by atoms with Crippen LogP contribution in [-0.2, 0) is 17.6 Å². The highest BCUT2D eigenvalue weighted by molar-refractivity contribution is 4.89. The standard InChI is InChI=1S/C12H23N3O2/c1-4-10(13-5-2)9-12-14-11(15-17-12)7-6-8-16-3/h10,13H,4-9H2,1-3H3. The molecule has 1 aromatic heterocycles. The van der Waals surface area contributed by atoms with Gasteiger partial charge < -0.3 is 14.6 Å². The summed E-state index contributed by atoms with van der Waals surface area (Å²) in [5, 5.41) is 7.36. The first-order valence-corrected chi connectivity index (χ1v) is 6.33. The number of nitrogens with zero attached hydrogens (tertiary/aromatic N) is 2. The fourth-order valence-electron chi connectivity index (χ4n) is 1.71. The summed E-state index contributed by atoms with van der Waals surface area (Å²) in [4.78, 5) is 4.38. The van der Waals surface area contributed by atoms with Crippen LogP contribution in [0.5, 0.6) is 0 Å². The van der Waals surface area contributed by atoms with Gasteiger partial charge in [-0.1, -0.05) is 19.0 Å². The van der Waals surface area contributed by atoms with Crippen molar-refractivity contribution in [2.24, 2.45) is 0 Å². The number of methoxy groups -OCH3 is 1. The van der Waals surface area contributed by atoms with Gasteiger partial charge in [-0.05, 0) is 19.4 Å². The predicted molar refractivity (Wildman–Crippen MR) is 66.0 cm³/mol. The minimum atomic E-state index is 0.423. The molecule has 0 aliphatic carbocycles. The molecular formula is C12H23N3O2. The van der Waals surface area contributed by atoms with E-state index < -0.39 is 0 Å². The zero-order valence-corrected chi connectivity index (χ0v) is 11.0. The van der Waals surface area contributed by atoms with Crippen molar-refractivity contribution in [2.75, 3.05) is 20.3 Å². The van der Waals surface area contributed by atoms with E-state index in [1.807, 2.05) is 0 Å². The Hall–Kier alpha value is -0.940. The average molecular weight is 241 g/mol. The number of hydrogen-bond acceptors (Lipinski definition) is 5. The Morgan fingerprint density at radius 1 is 1.41 bits per heavy atom. The van der Waals surface area contributed by atoms with Crippen molar-refractivity contribution in [3.63, 3.8) is 0 Å². The number of likely N-dealkylation sites (N-methyl/N-ethyl adjacent to an activating group) is 1. The van der Waals surface area contributed by atoms with Gasteiger partial charge in [0.2, 0.25) is 5.89 Å². The molecule has 17 heavy (non-hydrogen) atoms. The molecule has 1 rings (SSSR count). The monoisotopic (exact) mass is 241 g/mol. The summed E-state index contributed by atoms with van der Waals surface area (Å²) < 4.78 is 10.2. The van der Waals surface area contributed by atoms with E-state index >= 15 is 0 Å². The van der Waals surface area contributed by atoms with Crippen LogP contribution in [0, 0.1) is 0 Å². The van der Waals surface area contributed by atoms with E-state index in [1.54, 1.807) is 7.11 Å². The molecule has 0 amide bonds. The van der Waals surface area contributed by atoms with Gasteiger partial charge in [0.05, 0.1) is 0 Å². The minimum Gasteiger partial charge on any atom is -0.385 e. The van der Waals surface area contributed by atoms with E-state index in [1.165, 1.54) is 0 Å². The second-order valence-corrected chi connectivity index (χ2v) is 4.07. The number of aryl methyl sites for hydroxylation is 1. The molecule has 0 aliphatic rings. The van der Waals surface area contributed by atoms with Gasteiger partial charge in [-0.25, -0.2) is 0 Å². The minimum absolute atomic E-state index is 0.423. The van der Waals surface area contributed by atoms with Crippen LogP contribution in [0.4, 0.5) is 0 Å². The van der Waals surface area contributed by atoms with E-state index in [2.05, 4.69) is 29.3 Å². The first kappa shape index (κ1) is 14.1. The molecule has 0 aromatic carbocycles. The van der Waals surface area contributed by atoms with Crippen molar-refractivity contribution in [1.29, 1.82) is 0 Å². The smallest absolute Gasteiger partial charge is 0.228 e. The highest BCUT2D eigenvalue weighted by Crippen LogP contribution is 2.05. The van der Waals surface area contributed by atoms with Gasteiger partial charge >= 0.3 is 0 Å². The normalized spacial score (nSPS) is 12.9. The second-order valence-electron chi connectivity index (χ2n) is 4.07. The molecule has 0 fully saturated rings. The topological polar surface area (TPSA) is 60.2 Å². The fraction of sp³-hybridized carbons (Fsp3) is 0.833. The highest BCUT2D eigenvalue weighted by atomic mass is 16.5. The van der Waals surface area contributed by atoms with Crippen LogP contribution >= 0.6 is 0 Å². The summed E-state index contributed by atoms with van der Waals surface area (Å²) >= 11 is 0. The van der Waals surface area contributed by atoms with Crippen LogP contribution in [0.25, 0.3) is 0 Å². The van der Waals surface area contributed by atoms with Crippen molar-refractivity contribution >= 4 is 0 Å². The molecule has 5 heteroatoms. The molecule has 1 atom stereocenters. The summed E-state index contributed by atoms with van der Waals surface area (Å²) in [7, 11) is 1.70. The van der Waals surface area contributed by atoms with Crippen molar-refractivity contribution < 1.29 is 9.26 Å². The average Bonchev–Trinajstić information content (AvgIpc) is 2.77. The molecule has 98 valence electrons. The van der Waals surface area contributed by atoms with Gasteiger partial charge in [0.15, 0.2) is 5.82 Å². The Morgan fingerprint density at radius 3 is 2.88 bits per heavy atom. The van der Waals surface area contributed by atoms with E-state index in [0.717, 1.165) is 50.6 Å². The van der Waals surface area contributed by atoms with Crippen LogP contribution in [-0.4, -0.2) is 36.4 Å². The summed E-state index contributed by atoms with van der Waals surface area (Å²) in [6.07, 6.45) is 3.62. The highest BCUT2D eigenvalue weighted by Gasteiger charge is 2.11. The molecule has 0 aliphatic heterocycles. The van der Waals surface area contributed by atoms with Crippen LogP contribution < -0.4 is 5.32 Å². The van der Waals surface area contributed by atoms with E-state index in [4.69, 9.17) is 9.26 Å². The maximum atomic E-state index is 5.23. The summed E-state index contributed by atoms with van der Waals surface area (Å²) in [5.41, 5.74) is 0. The number of ether oxygens (including phenoxy) is 1. The maximum absolute atomic E-state index is 5.23. The Balaban J connectivity index is 2.38. The van der Waals surface area contributed by atoms with Gasteiger partial charge in [-0.3, -0.25) is 0 Å². The lowest BCUT2D eigenvalue weighted by Gasteiger charge is -2.12. The Labute approximate surface area is 103 Å². The van der Waals surface area contributed by atoms with E-state index in [9.17, 15) is 0 Å². The molecule has 1 N–H and O–H groups in total. The third kappa shape index (κ3) is 5.28. The van der Waals surface area contributed by atoms with Crippen molar-refractivity contribution in [1.82, 2.24) is 15.5 Å². The largest absolute Gasteiger partial charge is 0.385 e. The molecular weight excluding hydrogens is 218 g/mol. The Morgan fingerprint density at radius 2 is 2.24 bits per heavy atom. The second kappa shape index (κ2) is 8.20. The maximum Gasteiger partial charge on any atom is 0.228 e. The van der Waals surface area contributed by atoms with Crippen LogP contribution in [0.1, 0.15) is 38.4 Å². The van der Waals surface area contributed by atoms with Crippen LogP contribution in [0.15, 0.2) is 4.52 Å². The van der Waals surface area contributed by atoms with Crippen LogP contribution in [0.2, 0.25) is 0 Å². The number of rotatable bonds is 9. The Bertz CT molecular complexity index is 302. The van der Waals surface area contributed by atoms with Gasteiger partial charge in [0, 0.05) is 32.6 Å². The zero-order valence-electron chi connectivity index (χ0n) is 11.0. The lowest BCUT2D eigenvalue weighted by molar-refractivity contribution is 0.194. The van der Waals surface area contributed by atoms with E-state index in [-0.39, 0.29) is 0 Å². The van der Waals surface area contributed by atoms with Gasteiger partial charge in [-0.15, -0.1) is 0 Å². The molecule has 1 unspecified atom stereocenters. The molecule has 0 spiro atoms. The third-order valence-electron chi connectivity index (χ3n) is 2.67. The summed E-state index contributed by atoms with van der Waals surface area (Å²) in [5.74, 6) is 1.51. The van der Waals surface area contributed by atoms with Gasteiger partial charge in [0.25, 0.3) is 0 Å². The van der Waals surface area contributed by atoms with Gasteiger partial charge in [0.1, 0.15) is 0 Å². The quantitative estimate of drug-likeness (QED) is 0.665. The van der Waals surface area contributed by atoms with Crippen molar-refractivity contribution in [2.45, 2.75) is 45.6 Å². The number of nitrogens with one attached hydrogen (secondary N) is 1. The number of hydrogen-bond donors (Lipinski definition) is 1. The molecule has 0 radical (unpaired) electrons. The molecule has 5 nitrogen and oxygen atoms in total. The Kier molecular flexibility index (Phi) is 6.81. The van der Waals surface area contributed by atoms with Crippen LogP contribution in [0.3, 0.4) is 0 Å². The molecule has 0 saturated carbocycles. The summed E-state index contributed by atoms with van der Waals surface area (Å²) in [6, 6.07) is 0.423. The molecule has 1 aromatic rings. The number of aromatic nitrogens is 2. The lowest BCUT2D eigenvalue weighted by atomic mass is 10.1. The van der Waals surface area contributed by atoms with Crippen molar-refractivity contribution in [3.05, 3.63) is 11.7 Å². The first-order chi connectivity index (χ1) is 8.30. The molecule has 1 heterocycles. The molecule has 0 saturated heterocycles. The summed E-state index contributed by atoms with van der Waals surface area (Å²) in [6.45, 7) is 5.96. The molecule has 0 bridgehead atoms.